The molecule has 0 aliphatic heterocycles. The number of aromatic nitrogens is 3. The van der Waals surface area contributed by atoms with Crippen LogP contribution in [0, 0.1) is 0 Å². The standard InChI is InChI=1S/C16H26N6O/c1-5-17-15(18-8-13-6-7-21(3)10-13)19-12-16(2,23)14-9-20-22(4)11-14/h6-7,9-11,23H,5,8,12H2,1-4H3,(H2,17,18,19). The average molecular weight is 318 g/mol. The Morgan fingerprint density at radius 1 is 1.35 bits per heavy atom. The van der Waals surface area contributed by atoms with Crippen LogP contribution in [0.15, 0.2) is 35.8 Å². The summed E-state index contributed by atoms with van der Waals surface area (Å²) in [6, 6.07) is 2.04. The molecule has 0 bridgehead atoms. The van der Waals surface area contributed by atoms with Gasteiger partial charge in [0.15, 0.2) is 5.96 Å². The lowest BCUT2D eigenvalue weighted by molar-refractivity contribution is 0.0616. The van der Waals surface area contributed by atoms with Crippen LogP contribution in [-0.2, 0) is 26.2 Å². The maximum absolute atomic E-state index is 10.6. The summed E-state index contributed by atoms with van der Waals surface area (Å²) in [4.78, 5) is 4.55. The van der Waals surface area contributed by atoms with Gasteiger partial charge in [-0.3, -0.25) is 4.68 Å². The third-order valence-electron chi connectivity index (χ3n) is 3.58. The van der Waals surface area contributed by atoms with Crippen molar-refractivity contribution in [2.24, 2.45) is 19.1 Å². The van der Waals surface area contributed by atoms with E-state index in [9.17, 15) is 5.11 Å². The lowest BCUT2D eigenvalue weighted by Gasteiger charge is -2.23. The van der Waals surface area contributed by atoms with Gasteiger partial charge < -0.3 is 20.3 Å². The summed E-state index contributed by atoms with van der Waals surface area (Å²) >= 11 is 0. The summed E-state index contributed by atoms with van der Waals surface area (Å²) in [7, 11) is 3.82. The van der Waals surface area contributed by atoms with Crippen molar-refractivity contribution in [1.82, 2.24) is 25.0 Å². The molecule has 0 saturated heterocycles. The van der Waals surface area contributed by atoms with Crippen LogP contribution in [-0.4, -0.2) is 38.5 Å². The van der Waals surface area contributed by atoms with Gasteiger partial charge in [-0.25, -0.2) is 4.99 Å². The van der Waals surface area contributed by atoms with Crippen molar-refractivity contribution in [3.05, 3.63) is 42.0 Å². The summed E-state index contributed by atoms with van der Waals surface area (Å²) in [5.74, 6) is 0.681. The van der Waals surface area contributed by atoms with E-state index >= 15 is 0 Å². The Hall–Kier alpha value is -2.28. The van der Waals surface area contributed by atoms with Crippen molar-refractivity contribution in [1.29, 1.82) is 0 Å². The van der Waals surface area contributed by atoms with Crippen LogP contribution in [0.25, 0.3) is 0 Å². The number of hydrogen-bond donors (Lipinski definition) is 3. The van der Waals surface area contributed by atoms with E-state index in [-0.39, 0.29) is 0 Å². The van der Waals surface area contributed by atoms with Gasteiger partial charge in [-0.2, -0.15) is 5.10 Å². The van der Waals surface area contributed by atoms with Gasteiger partial charge in [-0.05, 0) is 25.5 Å². The Morgan fingerprint density at radius 3 is 2.70 bits per heavy atom. The molecule has 0 fully saturated rings. The lowest BCUT2D eigenvalue weighted by Crippen LogP contribution is -2.44. The highest BCUT2D eigenvalue weighted by atomic mass is 16.3. The molecule has 2 aromatic heterocycles. The molecule has 2 rings (SSSR count). The summed E-state index contributed by atoms with van der Waals surface area (Å²) in [6.07, 6.45) is 7.53. The maximum atomic E-state index is 10.6. The summed E-state index contributed by atoms with van der Waals surface area (Å²) in [5, 5.41) is 21.1. The minimum atomic E-state index is -1.02. The second-order valence-electron chi connectivity index (χ2n) is 5.91. The highest BCUT2D eigenvalue weighted by molar-refractivity contribution is 5.79. The highest BCUT2D eigenvalue weighted by Crippen LogP contribution is 2.18. The Labute approximate surface area is 137 Å². The summed E-state index contributed by atoms with van der Waals surface area (Å²) in [5.41, 5.74) is 0.895. The van der Waals surface area contributed by atoms with Gasteiger partial charge in [-0.15, -0.1) is 0 Å². The summed E-state index contributed by atoms with van der Waals surface area (Å²) in [6.45, 7) is 5.47. The predicted molar refractivity (Wildman–Crippen MR) is 91.0 cm³/mol. The molecule has 0 aliphatic carbocycles. The van der Waals surface area contributed by atoms with Crippen LogP contribution < -0.4 is 10.6 Å². The van der Waals surface area contributed by atoms with Gasteiger partial charge in [0, 0.05) is 44.8 Å². The van der Waals surface area contributed by atoms with Crippen LogP contribution in [0.5, 0.6) is 0 Å². The van der Waals surface area contributed by atoms with Crippen molar-refractivity contribution >= 4 is 5.96 Å². The minimum absolute atomic E-state index is 0.347. The molecule has 7 heteroatoms. The van der Waals surface area contributed by atoms with Gasteiger partial charge in [-0.1, -0.05) is 0 Å². The quantitative estimate of drug-likeness (QED) is 0.542. The molecule has 2 aromatic rings. The monoisotopic (exact) mass is 318 g/mol. The van der Waals surface area contributed by atoms with Gasteiger partial charge in [0.05, 0.1) is 19.3 Å². The van der Waals surface area contributed by atoms with Crippen molar-refractivity contribution in [3.63, 3.8) is 0 Å². The zero-order valence-electron chi connectivity index (χ0n) is 14.2. The molecular formula is C16H26N6O. The molecule has 0 aliphatic rings. The first-order chi connectivity index (χ1) is 10.9. The molecule has 0 radical (unpaired) electrons. The van der Waals surface area contributed by atoms with Crippen LogP contribution >= 0.6 is 0 Å². The molecule has 2 heterocycles. The number of guanidine groups is 1. The zero-order valence-corrected chi connectivity index (χ0v) is 14.2. The fourth-order valence-electron chi connectivity index (χ4n) is 2.22. The molecule has 3 N–H and O–H groups in total. The Bertz CT molecular complexity index is 655. The first kappa shape index (κ1) is 17.1. The van der Waals surface area contributed by atoms with Crippen molar-refractivity contribution in [3.8, 4) is 0 Å². The lowest BCUT2D eigenvalue weighted by atomic mass is 10.00. The van der Waals surface area contributed by atoms with E-state index in [4.69, 9.17) is 0 Å². The molecular weight excluding hydrogens is 292 g/mol. The minimum Gasteiger partial charge on any atom is -0.383 e. The second kappa shape index (κ2) is 7.32. The van der Waals surface area contributed by atoms with Crippen LogP contribution in [0.4, 0.5) is 0 Å². The zero-order chi connectivity index (χ0) is 16.9. The Balaban J connectivity index is 1.98. The molecule has 0 amide bonds. The normalized spacial score (nSPS) is 14.6. The summed E-state index contributed by atoms with van der Waals surface area (Å²) < 4.78 is 3.68. The van der Waals surface area contributed by atoms with E-state index in [1.165, 1.54) is 0 Å². The van der Waals surface area contributed by atoms with Crippen LogP contribution in [0.1, 0.15) is 25.0 Å². The van der Waals surface area contributed by atoms with E-state index in [0.29, 0.717) is 19.0 Å². The highest BCUT2D eigenvalue weighted by Gasteiger charge is 2.24. The molecule has 1 unspecified atom stereocenters. The van der Waals surface area contributed by atoms with E-state index in [2.05, 4.69) is 20.7 Å². The van der Waals surface area contributed by atoms with Crippen molar-refractivity contribution < 1.29 is 5.11 Å². The fraction of sp³-hybridized carbons (Fsp3) is 0.500. The van der Waals surface area contributed by atoms with Gasteiger partial charge in [0.2, 0.25) is 0 Å². The number of aliphatic imine (C=N–C) groups is 1. The number of hydrogen-bond acceptors (Lipinski definition) is 3. The maximum Gasteiger partial charge on any atom is 0.191 e. The average Bonchev–Trinajstić information content (AvgIpc) is 3.11. The number of nitrogens with zero attached hydrogens (tertiary/aromatic N) is 4. The smallest absolute Gasteiger partial charge is 0.191 e. The van der Waals surface area contributed by atoms with Crippen molar-refractivity contribution in [2.75, 3.05) is 13.1 Å². The second-order valence-corrected chi connectivity index (χ2v) is 5.91. The molecule has 23 heavy (non-hydrogen) atoms. The molecule has 126 valence electrons. The molecule has 0 aromatic carbocycles. The third kappa shape index (κ3) is 4.85. The SMILES string of the molecule is CCNC(=NCc1ccn(C)c1)NCC(C)(O)c1cnn(C)c1. The Kier molecular flexibility index (Phi) is 5.44. The fourth-order valence-corrected chi connectivity index (χ4v) is 2.22. The largest absolute Gasteiger partial charge is 0.383 e. The molecule has 0 saturated carbocycles. The predicted octanol–water partition coefficient (Wildman–Crippen LogP) is 0.721. The number of nitrogens with one attached hydrogen (secondary N) is 2. The topological polar surface area (TPSA) is 79.4 Å². The molecule has 7 nitrogen and oxygen atoms in total. The molecule has 1 atom stereocenters. The first-order valence-corrected chi connectivity index (χ1v) is 7.75. The van der Waals surface area contributed by atoms with Crippen LogP contribution in [0.3, 0.4) is 0 Å². The van der Waals surface area contributed by atoms with Gasteiger partial charge in [0.25, 0.3) is 0 Å². The van der Waals surface area contributed by atoms with E-state index in [0.717, 1.165) is 17.7 Å². The number of aryl methyl sites for hydroxylation is 2. The number of rotatable bonds is 6. The van der Waals surface area contributed by atoms with E-state index in [1.807, 2.05) is 50.2 Å². The molecule has 0 spiro atoms. The first-order valence-electron chi connectivity index (χ1n) is 7.75. The van der Waals surface area contributed by atoms with Crippen molar-refractivity contribution in [2.45, 2.75) is 26.0 Å². The van der Waals surface area contributed by atoms with Crippen LogP contribution in [0.2, 0.25) is 0 Å². The Morgan fingerprint density at radius 2 is 2.13 bits per heavy atom. The van der Waals surface area contributed by atoms with Gasteiger partial charge >= 0.3 is 0 Å². The third-order valence-corrected chi connectivity index (χ3v) is 3.58. The van der Waals surface area contributed by atoms with Gasteiger partial charge in [0.1, 0.15) is 5.60 Å². The van der Waals surface area contributed by atoms with E-state index < -0.39 is 5.60 Å². The number of aliphatic hydroxyl groups is 1. The van der Waals surface area contributed by atoms with E-state index in [1.54, 1.807) is 17.8 Å².